The number of nitrogens with zero attached hydrogens (tertiary/aromatic N) is 2. The second kappa shape index (κ2) is 4.78. The van der Waals surface area contributed by atoms with Crippen molar-refractivity contribution in [1.82, 2.24) is 10.1 Å². The van der Waals surface area contributed by atoms with Gasteiger partial charge in [-0.1, -0.05) is 47.8 Å². The van der Waals surface area contributed by atoms with Crippen LogP contribution < -0.4 is 5.73 Å². The molecule has 0 bridgehead atoms. The van der Waals surface area contributed by atoms with E-state index in [1.165, 1.54) is 18.4 Å². The highest BCUT2D eigenvalue weighted by Gasteiger charge is 2.39. The summed E-state index contributed by atoms with van der Waals surface area (Å²) in [7, 11) is 0. The largest absolute Gasteiger partial charge is 0.338 e. The second-order valence-corrected chi connectivity index (χ2v) is 5.48. The summed E-state index contributed by atoms with van der Waals surface area (Å²) in [5.41, 5.74) is 8.07. The first-order valence-corrected chi connectivity index (χ1v) is 6.85. The van der Waals surface area contributed by atoms with E-state index in [1.54, 1.807) is 0 Å². The van der Waals surface area contributed by atoms with E-state index < -0.39 is 0 Å². The molecule has 1 heterocycles. The van der Waals surface area contributed by atoms with Gasteiger partial charge in [0.2, 0.25) is 11.7 Å². The first-order valence-electron chi connectivity index (χ1n) is 6.85. The number of aromatic nitrogens is 2. The first kappa shape index (κ1) is 12.4. The van der Waals surface area contributed by atoms with Crippen LogP contribution in [0.15, 0.2) is 28.8 Å². The molecule has 3 rings (SSSR count). The zero-order valence-corrected chi connectivity index (χ0v) is 11.2. The summed E-state index contributed by atoms with van der Waals surface area (Å²) in [6, 6.07) is 8.15. The lowest BCUT2D eigenvalue weighted by Crippen LogP contribution is -2.32. The van der Waals surface area contributed by atoms with Gasteiger partial charge < -0.3 is 10.3 Å². The SMILES string of the molecule is Cc1ccc(-c2noc(C3(CN)CCCC3)n2)cc1. The molecule has 1 aliphatic rings. The Kier molecular flexibility index (Phi) is 3.11. The van der Waals surface area contributed by atoms with Gasteiger partial charge >= 0.3 is 0 Å². The number of rotatable bonds is 3. The van der Waals surface area contributed by atoms with Crippen LogP contribution in [0.3, 0.4) is 0 Å². The van der Waals surface area contributed by atoms with Crippen molar-refractivity contribution in [2.24, 2.45) is 5.73 Å². The van der Waals surface area contributed by atoms with Crippen molar-refractivity contribution in [3.8, 4) is 11.4 Å². The standard InChI is InChI=1S/C15H19N3O/c1-11-4-6-12(7-5-11)13-17-14(19-18-13)15(10-16)8-2-3-9-15/h4-7H,2-3,8-10,16H2,1H3. The van der Waals surface area contributed by atoms with Crippen molar-refractivity contribution in [2.45, 2.75) is 38.0 Å². The Morgan fingerprint density at radius 1 is 1.21 bits per heavy atom. The van der Waals surface area contributed by atoms with Gasteiger partial charge in [0.15, 0.2) is 0 Å². The molecule has 1 saturated carbocycles. The second-order valence-electron chi connectivity index (χ2n) is 5.48. The molecule has 0 saturated heterocycles. The van der Waals surface area contributed by atoms with Gasteiger partial charge in [-0.25, -0.2) is 0 Å². The topological polar surface area (TPSA) is 64.9 Å². The minimum Gasteiger partial charge on any atom is -0.338 e. The summed E-state index contributed by atoms with van der Waals surface area (Å²) in [6.45, 7) is 2.65. The van der Waals surface area contributed by atoms with Crippen molar-refractivity contribution < 1.29 is 4.52 Å². The van der Waals surface area contributed by atoms with Crippen molar-refractivity contribution in [3.05, 3.63) is 35.7 Å². The molecule has 1 fully saturated rings. The Hall–Kier alpha value is -1.68. The van der Waals surface area contributed by atoms with E-state index in [0.29, 0.717) is 18.3 Å². The van der Waals surface area contributed by atoms with Gasteiger partial charge in [0.05, 0.1) is 5.41 Å². The lowest BCUT2D eigenvalue weighted by atomic mass is 9.86. The maximum Gasteiger partial charge on any atom is 0.234 e. The third kappa shape index (κ3) is 2.16. The van der Waals surface area contributed by atoms with E-state index >= 15 is 0 Å². The lowest BCUT2D eigenvalue weighted by Gasteiger charge is -2.21. The molecular formula is C15H19N3O. The van der Waals surface area contributed by atoms with Crippen molar-refractivity contribution in [1.29, 1.82) is 0 Å². The highest BCUT2D eigenvalue weighted by molar-refractivity contribution is 5.54. The Morgan fingerprint density at radius 2 is 1.89 bits per heavy atom. The minimum atomic E-state index is -0.0874. The lowest BCUT2D eigenvalue weighted by molar-refractivity contribution is 0.284. The van der Waals surface area contributed by atoms with Crippen LogP contribution in [0.1, 0.15) is 37.1 Å². The van der Waals surface area contributed by atoms with Crippen LogP contribution in [0, 0.1) is 6.92 Å². The van der Waals surface area contributed by atoms with Crippen LogP contribution in [0.2, 0.25) is 0 Å². The summed E-state index contributed by atoms with van der Waals surface area (Å²) in [6.07, 6.45) is 4.50. The quantitative estimate of drug-likeness (QED) is 0.918. The van der Waals surface area contributed by atoms with Crippen LogP contribution >= 0.6 is 0 Å². The number of aryl methyl sites for hydroxylation is 1. The zero-order chi connectivity index (χ0) is 13.3. The molecular weight excluding hydrogens is 238 g/mol. The number of hydrogen-bond donors (Lipinski definition) is 1. The molecule has 100 valence electrons. The molecule has 2 aromatic rings. The fourth-order valence-corrected chi connectivity index (χ4v) is 2.82. The van der Waals surface area contributed by atoms with Gasteiger partial charge in [0.1, 0.15) is 0 Å². The van der Waals surface area contributed by atoms with Gasteiger partial charge in [-0.15, -0.1) is 0 Å². The maximum absolute atomic E-state index is 5.94. The van der Waals surface area contributed by atoms with Crippen LogP contribution in [-0.2, 0) is 5.41 Å². The van der Waals surface area contributed by atoms with Crippen LogP contribution in [0.4, 0.5) is 0 Å². The molecule has 4 nitrogen and oxygen atoms in total. The molecule has 1 aromatic carbocycles. The van der Waals surface area contributed by atoms with E-state index in [-0.39, 0.29) is 5.41 Å². The van der Waals surface area contributed by atoms with Gasteiger partial charge in [0.25, 0.3) is 0 Å². The first-order chi connectivity index (χ1) is 9.23. The molecule has 0 radical (unpaired) electrons. The highest BCUT2D eigenvalue weighted by Crippen LogP contribution is 2.39. The fraction of sp³-hybridized carbons (Fsp3) is 0.467. The van der Waals surface area contributed by atoms with Crippen LogP contribution in [-0.4, -0.2) is 16.7 Å². The summed E-state index contributed by atoms with van der Waals surface area (Å²) in [5, 5.41) is 4.11. The highest BCUT2D eigenvalue weighted by atomic mass is 16.5. The predicted molar refractivity (Wildman–Crippen MR) is 73.7 cm³/mol. The third-order valence-electron chi connectivity index (χ3n) is 4.14. The molecule has 0 aliphatic heterocycles. The van der Waals surface area contributed by atoms with Crippen molar-refractivity contribution in [2.75, 3.05) is 6.54 Å². The average molecular weight is 257 g/mol. The Labute approximate surface area is 113 Å². The minimum absolute atomic E-state index is 0.0874. The Balaban J connectivity index is 1.92. The summed E-state index contributed by atoms with van der Waals surface area (Å²) in [4.78, 5) is 4.58. The number of nitrogens with two attached hydrogens (primary N) is 1. The van der Waals surface area contributed by atoms with Gasteiger partial charge in [-0.2, -0.15) is 4.98 Å². The molecule has 0 atom stereocenters. The van der Waals surface area contributed by atoms with Gasteiger partial charge in [-0.3, -0.25) is 0 Å². The third-order valence-corrected chi connectivity index (χ3v) is 4.14. The fourth-order valence-electron chi connectivity index (χ4n) is 2.82. The molecule has 1 aromatic heterocycles. The van der Waals surface area contributed by atoms with Crippen LogP contribution in [0.5, 0.6) is 0 Å². The summed E-state index contributed by atoms with van der Waals surface area (Å²) >= 11 is 0. The predicted octanol–water partition coefficient (Wildman–Crippen LogP) is 2.82. The maximum atomic E-state index is 5.94. The van der Waals surface area contributed by atoms with Gasteiger partial charge in [0, 0.05) is 12.1 Å². The van der Waals surface area contributed by atoms with E-state index in [1.807, 2.05) is 12.1 Å². The number of benzene rings is 1. The molecule has 2 N–H and O–H groups in total. The molecule has 0 amide bonds. The zero-order valence-electron chi connectivity index (χ0n) is 11.2. The van der Waals surface area contributed by atoms with Crippen molar-refractivity contribution >= 4 is 0 Å². The van der Waals surface area contributed by atoms with E-state index in [9.17, 15) is 0 Å². The smallest absolute Gasteiger partial charge is 0.234 e. The van der Waals surface area contributed by atoms with E-state index in [0.717, 1.165) is 18.4 Å². The Bertz CT molecular complexity index is 553. The molecule has 19 heavy (non-hydrogen) atoms. The molecule has 1 aliphatic carbocycles. The molecule has 4 heteroatoms. The van der Waals surface area contributed by atoms with Crippen molar-refractivity contribution in [3.63, 3.8) is 0 Å². The molecule has 0 unspecified atom stereocenters. The average Bonchev–Trinajstić information content (AvgIpc) is 3.09. The van der Waals surface area contributed by atoms with Gasteiger partial charge in [-0.05, 0) is 19.8 Å². The molecule has 0 spiro atoms. The summed E-state index contributed by atoms with van der Waals surface area (Å²) < 4.78 is 5.49. The number of hydrogen-bond acceptors (Lipinski definition) is 4. The summed E-state index contributed by atoms with van der Waals surface area (Å²) in [5.74, 6) is 1.37. The Morgan fingerprint density at radius 3 is 2.53 bits per heavy atom. The van der Waals surface area contributed by atoms with E-state index in [4.69, 9.17) is 10.3 Å². The van der Waals surface area contributed by atoms with Crippen LogP contribution in [0.25, 0.3) is 11.4 Å². The van der Waals surface area contributed by atoms with E-state index in [2.05, 4.69) is 29.2 Å². The normalized spacial score (nSPS) is 17.8. The monoisotopic (exact) mass is 257 g/mol.